The average molecular weight is 427 g/mol. The van der Waals surface area contributed by atoms with E-state index in [1.165, 1.54) is 12.1 Å². The smallest absolute Gasteiger partial charge is 0.382 e. The fourth-order valence-electron chi connectivity index (χ4n) is 4.30. The van der Waals surface area contributed by atoms with Crippen molar-refractivity contribution in [2.75, 3.05) is 5.32 Å². The second-order valence-corrected chi connectivity index (χ2v) is 7.73. The summed E-state index contributed by atoms with van der Waals surface area (Å²) in [4.78, 5) is 15.9. The molecule has 2 aromatic heterocycles. The zero-order valence-corrected chi connectivity index (χ0v) is 16.5. The summed E-state index contributed by atoms with van der Waals surface area (Å²) < 4.78 is 41.7. The number of nitriles is 1. The van der Waals surface area contributed by atoms with Gasteiger partial charge in [-0.2, -0.15) is 18.4 Å². The number of rotatable bonds is 4. The molecule has 0 saturated heterocycles. The molecule has 4 rings (SSSR count). The van der Waals surface area contributed by atoms with Gasteiger partial charge in [0.25, 0.3) is 5.91 Å². The van der Waals surface area contributed by atoms with E-state index in [-0.39, 0.29) is 17.6 Å². The number of nitrogens with one attached hydrogen (secondary N) is 1. The summed E-state index contributed by atoms with van der Waals surface area (Å²) in [6, 6.07) is 7.31. The summed E-state index contributed by atoms with van der Waals surface area (Å²) in [6.45, 7) is 0. The van der Waals surface area contributed by atoms with E-state index in [0.717, 1.165) is 37.3 Å². The Morgan fingerprint density at radius 1 is 1.23 bits per heavy atom. The lowest BCUT2D eigenvalue weighted by Crippen LogP contribution is -2.27. The second-order valence-electron chi connectivity index (χ2n) is 7.73. The van der Waals surface area contributed by atoms with Crippen molar-refractivity contribution in [2.45, 2.75) is 43.9 Å². The molecule has 3 aromatic rings. The maximum absolute atomic E-state index is 13.2. The highest BCUT2D eigenvalue weighted by Crippen LogP contribution is 2.36. The van der Waals surface area contributed by atoms with Gasteiger partial charge in [0.1, 0.15) is 0 Å². The Kier molecular flexibility index (Phi) is 5.31. The van der Waals surface area contributed by atoms with Crippen LogP contribution in [0.1, 0.15) is 53.2 Å². The molecule has 9 heteroatoms. The molecular formula is C22H20F3N5O. The van der Waals surface area contributed by atoms with Crippen LogP contribution in [0.2, 0.25) is 0 Å². The van der Waals surface area contributed by atoms with Crippen LogP contribution >= 0.6 is 0 Å². The van der Waals surface area contributed by atoms with Crippen molar-refractivity contribution in [1.29, 1.82) is 5.26 Å². The van der Waals surface area contributed by atoms with Crippen LogP contribution < -0.4 is 11.1 Å². The molecule has 1 fully saturated rings. The number of hydrogen-bond acceptors (Lipinski definition) is 4. The van der Waals surface area contributed by atoms with Crippen LogP contribution in [0.3, 0.4) is 0 Å². The van der Waals surface area contributed by atoms with Crippen LogP contribution in [0.15, 0.2) is 42.9 Å². The average Bonchev–Trinajstić information content (AvgIpc) is 3.14. The fourth-order valence-corrected chi connectivity index (χ4v) is 4.30. The first kappa shape index (κ1) is 20.7. The third-order valence-corrected chi connectivity index (χ3v) is 5.81. The Morgan fingerprint density at radius 2 is 1.97 bits per heavy atom. The van der Waals surface area contributed by atoms with Crippen molar-refractivity contribution >= 4 is 22.5 Å². The van der Waals surface area contributed by atoms with Gasteiger partial charge < -0.3 is 15.6 Å². The lowest BCUT2D eigenvalue weighted by molar-refractivity contribution is -0.137. The first-order chi connectivity index (χ1) is 14.8. The molecule has 6 nitrogen and oxygen atoms in total. The number of nitrogens with zero attached hydrogens (tertiary/aromatic N) is 3. The summed E-state index contributed by atoms with van der Waals surface area (Å²) >= 11 is 0. The fraction of sp³-hybridized carbons (Fsp3) is 0.318. The van der Waals surface area contributed by atoms with E-state index in [9.17, 15) is 18.0 Å². The number of carbonyl (C=O) groups is 1. The minimum Gasteiger partial charge on any atom is -0.382 e. The van der Waals surface area contributed by atoms with Crippen LogP contribution in [-0.4, -0.2) is 21.5 Å². The molecule has 0 unspecified atom stereocenters. The molecule has 0 bridgehead atoms. The number of pyridine rings is 1. The molecule has 1 amide bonds. The van der Waals surface area contributed by atoms with Crippen LogP contribution in [0, 0.1) is 11.3 Å². The molecule has 0 radical (unpaired) electrons. The molecule has 160 valence electrons. The summed E-state index contributed by atoms with van der Waals surface area (Å²) in [5.74, 6) is -0.506. The number of anilines is 1. The molecule has 2 heterocycles. The number of hydrogen-bond donors (Lipinski definition) is 2. The van der Waals surface area contributed by atoms with Crippen LogP contribution in [0.4, 0.5) is 18.9 Å². The van der Waals surface area contributed by atoms with Gasteiger partial charge in [0.05, 0.1) is 28.3 Å². The van der Waals surface area contributed by atoms with Gasteiger partial charge in [-0.1, -0.05) is 0 Å². The molecule has 0 atom stereocenters. The van der Waals surface area contributed by atoms with Crippen LogP contribution in [-0.2, 0) is 6.18 Å². The molecule has 0 aliphatic heterocycles. The van der Waals surface area contributed by atoms with Gasteiger partial charge in [-0.3, -0.25) is 9.78 Å². The maximum atomic E-state index is 13.2. The highest BCUT2D eigenvalue weighted by Gasteiger charge is 2.34. The summed E-state index contributed by atoms with van der Waals surface area (Å²) in [5.41, 5.74) is 5.86. The SMILES string of the molecule is N#Cc1ccc(NC2CCC(n3cc(C(N)=O)c4cnccc43)CC2)cc1C(F)(F)F. The highest BCUT2D eigenvalue weighted by atomic mass is 19.4. The molecule has 1 saturated carbocycles. The minimum atomic E-state index is -4.58. The number of amides is 1. The van der Waals surface area contributed by atoms with Crippen molar-refractivity contribution in [2.24, 2.45) is 5.73 Å². The van der Waals surface area contributed by atoms with E-state index in [1.807, 2.05) is 6.07 Å². The number of alkyl halides is 3. The Morgan fingerprint density at radius 3 is 2.61 bits per heavy atom. The normalized spacial score (nSPS) is 19.2. The van der Waals surface area contributed by atoms with Crippen molar-refractivity contribution in [1.82, 2.24) is 9.55 Å². The zero-order chi connectivity index (χ0) is 22.2. The number of nitrogens with two attached hydrogens (primary N) is 1. The van der Waals surface area contributed by atoms with E-state index >= 15 is 0 Å². The van der Waals surface area contributed by atoms with E-state index in [2.05, 4.69) is 14.9 Å². The zero-order valence-electron chi connectivity index (χ0n) is 16.5. The molecule has 1 aromatic carbocycles. The monoisotopic (exact) mass is 427 g/mol. The van der Waals surface area contributed by atoms with E-state index in [4.69, 9.17) is 11.0 Å². The third kappa shape index (κ3) is 4.06. The predicted octanol–water partition coefficient (Wildman–Crippen LogP) is 4.62. The van der Waals surface area contributed by atoms with Crippen molar-refractivity contribution in [3.8, 4) is 6.07 Å². The number of halogens is 3. The molecule has 1 aliphatic carbocycles. The summed E-state index contributed by atoms with van der Waals surface area (Å²) in [6.07, 6.45) is 3.58. The molecule has 0 spiro atoms. The number of fused-ring (bicyclic) bond motifs is 1. The second kappa shape index (κ2) is 7.95. The van der Waals surface area contributed by atoms with Gasteiger partial charge in [-0.25, -0.2) is 0 Å². The lowest BCUT2D eigenvalue weighted by atomic mass is 9.90. The van der Waals surface area contributed by atoms with E-state index in [1.54, 1.807) is 24.7 Å². The van der Waals surface area contributed by atoms with Gasteiger partial charge >= 0.3 is 6.18 Å². The quantitative estimate of drug-likeness (QED) is 0.635. The van der Waals surface area contributed by atoms with E-state index in [0.29, 0.717) is 16.6 Å². The van der Waals surface area contributed by atoms with Crippen molar-refractivity contribution in [3.63, 3.8) is 0 Å². The van der Waals surface area contributed by atoms with Gasteiger partial charge in [0, 0.05) is 41.7 Å². The largest absolute Gasteiger partial charge is 0.417 e. The van der Waals surface area contributed by atoms with Gasteiger partial charge in [-0.15, -0.1) is 0 Å². The number of primary amides is 1. The first-order valence-electron chi connectivity index (χ1n) is 9.90. The van der Waals surface area contributed by atoms with Gasteiger partial charge in [0.2, 0.25) is 0 Å². The minimum absolute atomic E-state index is 0.0179. The predicted molar refractivity (Wildman–Crippen MR) is 109 cm³/mol. The Hall–Kier alpha value is -3.54. The van der Waals surface area contributed by atoms with Gasteiger partial charge in [-0.05, 0) is 49.9 Å². The van der Waals surface area contributed by atoms with E-state index < -0.39 is 17.6 Å². The lowest BCUT2D eigenvalue weighted by Gasteiger charge is -2.31. The number of benzene rings is 1. The van der Waals surface area contributed by atoms with Gasteiger partial charge in [0.15, 0.2) is 0 Å². The van der Waals surface area contributed by atoms with Crippen LogP contribution in [0.25, 0.3) is 10.9 Å². The summed E-state index contributed by atoms with van der Waals surface area (Å²) in [5, 5.41) is 12.8. The number of aromatic nitrogens is 2. The molecule has 31 heavy (non-hydrogen) atoms. The number of carbonyl (C=O) groups excluding carboxylic acids is 1. The van der Waals surface area contributed by atoms with Crippen LogP contribution in [0.5, 0.6) is 0 Å². The van der Waals surface area contributed by atoms with Crippen molar-refractivity contribution < 1.29 is 18.0 Å². The molecular weight excluding hydrogens is 407 g/mol. The summed E-state index contributed by atoms with van der Waals surface area (Å²) in [7, 11) is 0. The maximum Gasteiger partial charge on any atom is 0.417 e. The Balaban J connectivity index is 1.49. The third-order valence-electron chi connectivity index (χ3n) is 5.81. The molecule has 1 aliphatic rings. The first-order valence-corrected chi connectivity index (χ1v) is 9.90. The Labute approximate surface area is 176 Å². The topological polar surface area (TPSA) is 96.7 Å². The highest BCUT2D eigenvalue weighted by molar-refractivity contribution is 6.06. The standard InChI is InChI=1S/C22H20F3N5O/c23-22(24,25)19-9-15(2-1-13(19)10-26)29-14-3-5-16(6-4-14)30-12-18(21(27)31)17-11-28-8-7-20(17)30/h1-2,7-9,11-12,14,16,29H,3-6H2,(H2,27,31). The molecule has 3 N–H and O–H groups in total. The Bertz CT molecular complexity index is 1170. The van der Waals surface area contributed by atoms with Crippen molar-refractivity contribution in [3.05, 3.63) is 59.5 Å².